The molecule has 0 bridgehead atoms. The summed E-state index contributed by atoms with van der Waals surface area (Å²) in [7, 11) is 0. The third-order valence-corrected chi connectivity index (χ3v) is 5.84. The molecule has 0 aromatic carbocycles. The topological polar surface area (TPSA) is 33.5 Å². The van der Waals surface area contributed by atoms with E-state index in [0.29, 0.717) is 13.1 Å². The molecule has 1 amide bonds. The first-order chi connectivity index (χ1) is 10.7. The lowest BCUT2D eigenvalue weighted by molar-refractivity contribution is 0.0750. The lowest BCUT2D eigenvalue weighted by Crippen LogP contribution is -2.31. The van der Waals surface area contributed by atoms with Gasteiger partial charge in [0.15, 0.2) is 0 Å². The number of rotatable bonds is 6. The Bertz CT molecular complexity index is 719. The molecular weight excluding hydrogens is 382 g/mol. The number of carbonyl (C=O) groups excluding carboxylic acids is 1. The van der Waals surface area contributed by atoms with Crippen LogP contribution in [0.15, 0.2) is 56.4 Å². The summed E-state index contributed by atoms with van der Waals surface area (Å²) >= 11 is 6.59. The van der Waals surface area contributed by atoms with Crippen molar-refractivity contribution in [2.24, 2.45) is 0 Å². The van der Waals surface area contributed by atoms with Crippen LogP contribution in [0.3, 0.4) is 0 Å². The lowest BCUT2D eigenvalue weighted by Gasteiger charge is -2.21. The SMILES string of the molecule is O=C(c1cc(Br)cs1)N(CCc1cccs1)Cc1ccoc1. The fourth-order valence-electron chi connectivity index (χ4n) is 2.14. The van der Waals surface area contributed by atoms with E-state index in [1.54, 1.807) is 23.9 Å². The summed E-state index contributed by atoms with van der Waals surface area (Å²) in [5.74, 6) is 0.0634. The van der Waals surface area contributed by atoms with E-state index in [1.807, 2.05) is 28.5 Å². The standard InChI is InChI=1S/C16H14BrNO2S2/c17-13-8-15(22-11-13)16(19)18(9-12-4-6-20-10-12)5-3-14-2-1-7-21-14/h1-2,4,6-8,10-11H,3,5,9H2. The third kappa shape index (κ3) is 3.88. The number of amides is 1. The smallest absolute Gasteiger partial charge is 0.264 e. The van der Waals surface area contributed by atoms with Crippen molar-refractivity contribution in [3.05, 3.63) is 67.3 Å². The van der Waals surface area contributed by atoms with Crippen molar-refractivity contribution < 1.29 is 9.21 Å². The summed E-state index contributed by atoms with van der Waals surface area (Å²) in [5, 5.41) is 4.00. The molecule has 3 heterocycles. The van der Waals surface area contributed by atoms with Gasteiger partial charge in [0.2, 0.25) is 0 Å². The van der Waals surface area contributed by atoms with Crippen molar-refractivity contribution >= 4 is 44.5 Å². The van der Waals surface area contributed by atoms with E-state index >= 15 is 0 Å². The lowest BCUT2D eigenvalue weighted by atomic mass is 10.2. The fraction of sp³-hybridized carbons (Fsp3) is 0.188. The summed E-state index contributed by atoms with van der Waals surface area (Å²) < 4.78 is 6.06. The van der Waals surface area contributed by atoms with Gasteiger partial charge in [0, 0.05) is 33.4 Å². The second-order valence-corrected chi connectivity index (χ2v) is 7.68. The summed E-state index contributed by atoms with van der Waals surface area (Å²) in [6, 6.07) is 7.92. The molecular formula is C16H14BrNO2S2. The molecule has 6 heteroatoms. The number of furan rings is 1. The molecule has 114 valence electrons. The van der Waals surface area contributed by atoms with Gasteiger partial charge in [0.05, 0.1) is 17.4 Å². The van der Waals surface area contributed by atoms with E-state index in [1.165, 1.54) is 16.2 Å². The number of halogens is 1. The van der Waals surface area contributed by atoms with Gasteiger partial charge >= 0.3 is 0 Å². The molecule has 0 spiro atoms. The van der Waals surface area contributed by atoms with Crippen LogP contribution < -0.4 is 0 Å². The van der Waals surface area contributed by atoms with Gasteiger partial charge in [-0.2, -0.15) is 0 Å². The van der Waals surface area contributed by atoms with Gasteiger partial charge in [0.1, 0.15) is 0 Å². The van der Waals surface area contributed by atoms with E-state index in [2.05, 4.69) is 27.4 Å². The molecule has 0 unspecified atom stereocenters. The van der Waals surface area contributed by atoms with Crippen LogP contribution in [0.4, 0.5) is 0 Å². The second kappa shape index (κ2) is 7.26. The highest BCUT2D eigenvalue weighted by Gasteiger charge is 2.18. The molecule has 0 aliphatic heterocycles. The molecule has 22 heavy (non-hydrogen) atoms. The Kier molecular flexibility index (Phi) is 5.12. The Balaban J connectivity index is 1.74. The molecule has 3 nitrogen and oxygen atoms in total. The highest BCUT2D eigenvalue weighted by atomic mass is 79.9. The maximum absolute atomic E-state index is 12.7. The zero-order valence-corrected chi connectivity index (χ0v) is 14.9. The first-order valence-electron chi connectivity index (χ1n) is 6.79. The van der Waals surface area contributed by atoms with Crippen LogP contribution in [0.25, 0.3) is 0 Å². The average Bonchev–Trinajstić information content (AvgIpc) is 3.25. The van der Waals surface area contributed by atoms with Gasteiger partial charge < -0.3 is 9.32 Å². The predicted molar refractivity (Wildman–Crippen MR) is 93.5 cm³/mol. The molecule has 0 saturated heterocycles. The molecule has 0 N–H and O–H groups in total. The van der Waals surface area contributed by atoms with Crippen molar-refractivity contribution in [1.29, 1.82) is 0 Å². The summed E-state index contributed by atoms with van der Waals surface area (Å²) in [6.45, 7) is 1.26. The predicted octanol–water partition coefficient (Wildman–Crippen LogP) is 5.05. The Morgan fingerprint density at radius 1 is 1.32 bits per heavy atom. The molecule has 0 aliphatic rings. The number of carbonyl (C=O) groups is 1. The van der Waals surface area contributed by atoms with E-state index in [0.717, 1.165) is 21.3 Å². The molecule has 0 radical (unpaired) electrons. The average molecular weight is 396 g/mol. The van der Waals surface area contributed by atoms with Crippen LogP contribution in [0.5, 0.6) is 0 Å². The Hall–Kier alpha value is -1.37. The maximum atomic E-state index is 12.7. The van der Waals surface area contributed by atoms with E-state index in [-0.39, 0.29) is 5.91 Å². The second-order valence-electron chi connectivity index (χ2n) is 4.82. The molecule has 0 atom stereocenters. The van der Waals surface area contributed by atoms with Crippen LogP contribution in [-0.4, -0.2) is 17.4 Å². The van der Waals surface area contributed by atoms with Crippen LogP contribution >= 0.6 is 38.6 Å². The van der Waals surface area contributed by atoms with E-state index in [9.17, 15) is 4.79 Å². The van der Waals surface area contributed by atoms with Crippen molar-refractivity contribution in [1.82, 2.24) is 4.90 Å². The summed E-state index contributed by atoms with van der Waals surface area (Å²) in [5.41, 5.74) is 1.01. The largest absolute Gasteiger partial charge is 0.472 e. The quantitative estimate of drug-likeness (QED) is 0.584. The number of hydrogen-bond donors (Lipinski definition) is 0. The normalized spacial score (nSPS) is 10.8. The zero-order valence-electron chi connectivity index (χ0n) is 11.7. The van der Waals surface area contributed by atoms with Crippen molar-refractivity contribution in [2.45, 2.75) is 13.0 Å². The number of thiophene rings is 2. The van der Waals surface area contributed by atoms with Gasteiger partial charge in [-0.05, 0) is 45.9 Å². The van der Waals surface area contributed by atoms with E-state index < -0.39 is 0 Å². The minimum atomic E-state index is 0.0634. The number of hydrogen-bond acceptors (Lipinski definition) is 4. The first-order valence-corrected chi connectivity index (χ1v) is 9.34. The monoisotopic (exact) mass is 395 g/mol. The Morgan fingerprint density at radius 2 is 2.23 bits per heavy atom. The van der Waals surface area contributed by atoms with Crippen LogP contribution in [0, 0.1) is 0 Å². The van der Waals surface area contributed by atoms with Crippen LogP contribution in [0.1, 0.15) is 20.1 Å². The highest BCUT2D eigenvalue weighted by molar-refractivity contribution is 9.10. The molecule has 3 rings (SSSR count). The van der Waals surface area contributed by atoms with Crippen molar-refractivity contribution in [3.8, 4) is 0 Å². The fourth-order valence-corrected chi connectivity index (χ4v) is 4.23. The first kappa shape index (κ1) is 15.5. The summed E-state index contributed by atoms with van der Waals surface area (Å²) in [6.07, 6.45) is 4.20. The zero-order chi connectivity index (χ0) is 15.4. The van der Waals surface area contributed by atoms with Gasteiger partial charge in [-0.15, -0.1) is 22.7 Å². The highest BCUT2D eigenvalue weighted by Crippen LogP contribution is 2.22. The molecule has 0 fully saturated rings. The van der Waals surface area contributed by atoms with Crippen molar-refractivity contribution in [2.75, 3.05) is 6.54 Å². The van der Waals surface area contributed by atoms with Gasteiger partial charge in [-0.1, -0.05) is 6.07 Å². The van der Waals surface area contributed by atoms with Gasteiger partial charge in [-0.25, -0.2) is 0 Å². The third-order valence-electron chi connectivity index (χ3n) is 3.23. The van der Waals surface area contributed by atoms with Crippen LogP contribution in [0.2, 0.25) is 0 Å². The van der Waals surface area contributed by atoms with Gasteiger partial charge in [0.25, 0.3) is 5.91 Å². The van der Waals surface area contributed by atoms with Gasteiger partial charge in [-0.3, -0.25) is 4.79 Å². The molecule has 0 saturated carbocycles. The minimum absolute atomic E-state index is 0.0634. The van der Waals surface area contributed by atoms with Crippen LogP contribution in [-0.2, 0) is 13.0 Å². The maximum Gasteiger partial charge on any atom is 0.264 e. The van der Waals surface area contributed by atoms with Crippen molar-refractivity contribution in [3.63, 3.8) is 0 Å². The minimum Gasteiger partial charge on any atom is -0.472 e. The number of nitrogens with zero attached hydrogens (tertiary/aromatic N) is 1. The molecule has 3 aromatic heterocycles. The Morgan fingerprint density at radius 3 is 2.86 bits per heavy atom. The molecule has 3 aromatic rings. The Labute approximate surface area is 145 Å². The summed E-state index contributed by atoms with van der Waals surface area (Å²) in [4.78, 5) is 16.7. The molecule has 0 aliphatic carbocycles. The van der Waals surface area contributed by atoms with E-state index in [4.69, 9.17) is 4.42 Å².